The first-order valence-corrected chi connectivity index (χ1v) is 7.13. The fourth-order valence-corrected chi connectivity index (χ4v) is 2.72. The molecule has 4 heteroatoms. The highest BCUT2D eigenvalue weighted by Gasteiger charge is 2.15. The highest BCUT2D eigenvalue weighted by molar-refractivity contribution is 6.31. The molecular formula is C17H16ClN3. The average Bonchev–Trinajstić information content (AvgIpc) is 2.52. The maximum atomic E-state index is 6.11. The SMILES string of the molecule is Cc1cc(C(NN)c2cccc3ccncc23)ccc1Cl. The second kappa shape index (κ2) is 5.82. The number of aromatic nitrogens is 1. The Hall–Kier alpha value is -1.94. The van der Waals surface area contributed by atoms with Crippen LogP contribution in [0.1, 0.15) is 22.7 Å². The van der Waals surface area contributed by atoms with E-state index in [4.69, 9.17) is 17.4 Å². The molecule has 0 aliphatic heterocycles. The smallest absolute Gasteiger partial charge is 0.0716 e. The van der Waals surface area contributed by atoms with Gasteiger partial charge in [0.25, 0.3) is 0 Å². The fraction of sp³-hybridized carbons (Fsp3) is 0.118. The van der Waals surface area contributed by atoms with Gasteiger partial charge in [0, 0.05) is 22.8 Å². The standard InChI is InChI=1S/C17H16ClN3/c1-11-9-13(5-6-16(11)18)17(21-19)14-4-2-3-12-7-8-20-10-15(12)14/h2-10,17,21H,19H2,1H3. The number of hydrazine groups is 1. The van der Waals surface area contributed by atoms with Crippen LogP contribution < -0.4 is 11.3 Å². The topological polar surface area (TPSA) is 50.9 Å². The molecule has 3 aromatic rings. The van der Waals surface area contributed by atoms with E-state index in [0.29, 0.717) is 0 Å². The number of hydrogen-bond acceptors (Lipinski definition) is 3. The monoisotopic (exact) mass is 297 g/mol. The molecule has 1 aromatic heterocycles. The Bertz CT molecular complexity index is 781. The van der Waals surface area contributed by atoms with Crippen LogP contribution in [0.3, 0.4) is 0 Å². The molecule has 2 aromatic carbocycles. The van der Waals surface area contributed by atoms with Gasteiger partial charge in [-0.25, -0.2) is 5.43 Å². The number of halogens is 1. The molecule has 106 valence electrons. The van der Waals surface area contributed by atoms with E-state index in [0.717, 1.165) is 32.5 Å². The molecular weight excluding hydrogens is 282 g/mol. The highest BCUT2D eigenvalue weighted by Crippen LogP contribution is 2.29. The Kier molecular flexibility index (Phi) is 3.88. The number of nitrogens with zero attached hydrogens (tertiary/aromatic N) is 1. The Labute approximate surface area is 128 Å². The lowest BCUT2D eigenvalue weighted by Gasteiger charge is -2.19. The van der Waals surface area contributed by atoms with Gasteiger partial charge in [0.05, 0.1) is 6.04 Å². The molecule has 3 rings (SSSR count). The van der Waals surface area contributed by atoms with Crippen molar-refractivity contribution in [2.45, 2.75) is 13.0 Å². The average molecular weight is 298 g/mol. The molecule has 0 spiro atoms. The third kappa shape index (κ3) is 2.63. The molecule has 0 saturated carbocycles. The summed E-state index contributed by atoms with van der Waals surface area (Å²) in [5, 5.41) is 3.00. The molecule has 3 nitrogen and oxygen atoms in total. The maximum Gasteiger partial charge on any atom is 0.0716 e. The molecule has 1 atom stereocenters. The maximum absolute atomic E-state index is 6.11. The number of nitrogens with two attached hydrogens (primary N) is 1. The Morgan fingerprint density at radius 1 is 1.19 bits per heavy atom. The van der Waals surface area contributed by atoms with Crippen molar-refractivity contribution in [1.29, 1.82) is 0 Å². The van der Waals surface area contributed by atoms with Crippen LogP contribution in [0.4, 0.5) is 0 Å². The number of hydrogen-bond donors (Lipinski definition) is 2. The lowest BCUT2D eigenvalue weighted by molar-refractivity contribution is 0.640. The van der Waals surface area contributed by atoms with Gasteiger partial charge in [0.15, 0.2) is 0 Å². The minimum Gasteiger partial charge on any atom is -0.271 e. The zero-order valence-electron chi connectivity index (χ0n) is 11.7. The molecule has 0 bridgehead atoms. The minimum absolute atomic E-state index is 0.103. The van der Waals surface area contributed by atoms with Gasteiger partial charge in [-0.2, -0.15) is 0 Å². The summed E-state index contributed by atoms with van der Waals surface area (Å²) in [6.45, 7) is 1.99. The molecule has 0 fully saturated rings. The first-order chi connectivity index (χ1) is 10.2. The van der Waals surface area contributed by atoms with E-state index < -0.39 is 0 Å². The predicted octanol–water partition coefficient (Wildman–Crippen LogP) is 3.75. The van der Waals surface area contributed by atoms with Gasteiger partial charge in [0.1, 0.15) is 0 Å². The van der Waals surface area contributed by atoms with Crippen molar-refractivity contribution in [2.24, 2.45) is 5.84 Å². The second-order valence-electron chi connectivity index (χ2n) is 5.05. The summed E-state index contributed by atoms with van der Waals surface area (Å²) in [5.41, 5.74) is 6.12. The lowest BCUT2D eigenvalue weighted by atomic mass is 9.94. The third-order valence-electron chi connectivity index (χ3n) is 3.71. The van der Waals surface area contributed by atoms with E-state index in [-0.39, 0.29) is 6.04 Å². The molecule has 0 radical (unpaired) electrons. The molecule has 21 heavy (non-hydrogen) atoms. The summed E-state index contributed by atoms with van der Waals surface area (Å²) in [7, 11) is 0. The van der Waals surface area contributed by atoms with Crippen molar-refractivity contribution in [3.8, 4) is 0 Å². The van der Waals surface area contributed by atoms with Crippen molar-refractivity contribution >= 4 is 22.4 Å². The molecule has 0 saturated heterocycles. The van der Waals surface area contributed by atoms with E-state index in [1.807, 2.05) is 37.4 Å². The third-order valence-corrected chi connectivity index (χ3v) is 4.13. The van der Waals surface area contributed by atoms with Crippen molar-refractivity contribution in [3.05, 3.63) is 76.6 Å². The number of rotatable bonds is 3. The zero-order chi connectivity index (χ0) is 14.8. The second-order valence-corrected chi connectivity index (χ2v) is 5.46. The molecule has 1 unspecified atom stereocenters. The van der Waals surface area contributed by atoms with Crippen LogP contribution in [0.2, 0.25) is 5.02 Å². The summed E-state index contributed by atoms with van der Waals surface area (Å²) in [6.07, 6.45) is 3.67. The zero-order valence-corrected chi connectivity index (χ0v) is 12.4. The number of fused-ring (bicyclic) bond motifs is 1. The summed E-state index contributed by atoms with van der Waals surface area (Å²) in [4.78, 5) is 4.23. The molecule has 0 aliphatic carbocycles. The van der Waals surface area contributed by atoms with Crippen LogP contribution in [0, 0.1) is 6.92 Å². The van der Waals surface area contributed by atoms with Crippen LogP contribution in [-0.4, -0.2) is 4.98 Å². The van der Waals surface area contributed by atoms with Gasteiger partial charge in [-0.3, -0.25) is 10.8 Å². The Balaban J connectivity index is 2.16. The van der Waals surface area contributed by atoms with Gasteiger partial charge in [-0.05, 0) is 41.1 Å². The Morgan fingerprint density at radius 2 is 2.05 bits per heavy atom. The number of benzene rings is 2. The molecule has 1 heterocycles. The summed E-state index contributed by atoms with van der Waals surface area (Å²) >= 11 is 6.11. The largest absolute Gasteiger partial charge is 0.271 e. The quantitative estimate of drug-likeness (QED) is 0.572. The first-order valence-electron chi connectivity index (χ1n) is 6.75. The highest BCUT2D eigenvalue weighted by atomic mass is 35.5. The summed E-state index contributed by atoms with van der Waals surface area (Å²) < 4.78 is 0. The van der Waals surface area contributed by atoms with E-state index >= 15 is 0 Å². The van der Waals surface area contributed by atoms with Gasteiger partial charge >= 0.3 is 0 Å². The van der Waals surface area contributed by atoms with Crippen molar-refractivity contribution < 1.29 is 0 Å². The lowest BCUT2D eigenvalue weighted by Crippen LogP contribution is -2.29. The van der Waals surface area contributed by atoms with Gasteiger partial charge in [0.2, 0.25) is 0 Å². The van der Waals surface area contributed by atoms with E-state index in [1.54, 1.807) is 6.20 Å². The van der Waals surface area contributed by atoms with Crippen LogP contribution >= 0.6 is 11.6 Å². The van der Waals surface area contributed by atoms with Crippen molar-refractivity contribution in [1.82, 2.24) is 10.4 Å². The van der Waals surface area contributed by atoms with Crippen molar-refractivity contribution in [2.75, 3.05) is 0 Å². The normalized spacial score (nSPS) is 12.5. The van der Waals surface area contributed by atoms with E-state index in [9.17, 15) is 0 Å². The Morgan fingerprint density at radius 3 is 2.81 bits per heavy atom. The van der Waals surface area contributed by atoms with Crippen LogP contribution in [0.15, 0.2) is 54.9 Å². The van der Waals surface area contributed by atoms with Crippen LogP contribution in [0.25, 0.3) is 10.8 Å². The molecule has 0 amide bonds. The molecule has 3 N–H and O–H groups in total. The van der Waals surface area contributed by atoms with E-state index in [1.165, 1.54) is 0 Å². The predicted molar refractivity (Wildman–Crippen MR) is 87.1 cm³/mol. The minimum atomic E-state index is -0.103. The van der Waals surface area contributed by atoms with E-state index in [2.05, 4.69) is 28.6 Å². The summed E-state index contributed by atoms with van der Waals surface area (Å²) in [5.74, 6) is 5.81. The van der Waals surface area contributed by atoms with Gasteiger partial charge in [-0.1, -0.05) is 41.9 Å². The number of nitrogens with one attached hydrogen (secondary N) is 1. The first kappa shape index (κ1) is 14.0. The van der Waals surface area contributed by atoms with Crippen LogP contribution in [0.5, 0.6) is 0 Å². The number of pyridine rings is 1. The van der Waals surface area contributed by atoms with Gasteiger partial charge in [-0.15, -0.1) is 0 Å². The van der Waals surface area contributed by atoms with Crippen molar-refractivity contribution in [3.63, 3.8) is 0 Å². The molecule has 0 aliphatic rings. The summed E-state index contributed by atoms with van der Waals surface area (Å²) in [6, 6.07) is 14.0. The van der Waals surface area contributed by atoms with Crippen LogP contribution in [-0.2, 0) is 0 Å². The van der Waals surface area contributed by atoms with Gasteiger partial charge < -0.3 is 0 Å². The fourth-order valence-electron chi connectivity index (χ4n) is 2.60. The number of aryl methyl sites for hydroxylation is 1.